The maximum Gasteiger partial charge on any atom is 0.243 e. The highest BCUT2D eigenvalue weighted by Gasteiger charge is 2.22. The van der Waals surface area contributed by atoms with E-state index in [2.05, 4.69) is 5.32 Å². The molecule has 0 saturated heterocycles. The van der Waals surface area contributed by atoms with E-state index in [-0.39, 0.29) is 17.3 Å². The number of nitrogens with zero attached hydrogens (tertiary/aromatic N) is 1. The van der Waals surface area contributed by atoms with Crippen LogP contribution in [0, 0.1) is 0 Å². The first-order valence-electron chi connectivity index (χ1n) is 6.30. The Hall–Kier alpha value is -1.44. The molecule has 1 amide bonds. The summed E-state index contributed by atoms with van der Waals surface area (Å²) in [6.45, 7) is 3.59. The van der Waals surface area contributed by atoms with Crippen molar-refractivity contribution in [2.75, 3.05) is 20.1 Å². The van der Waals surface area contributed by atoms with E-state index in [9.17, 15) is 18.3 Å². The fourth-order valence-corrected chi connectivity index (χ4v) is 2.77. The molecule has 0 bridgehead atoms. The lowest BCUT2D eigenvalue weighted by Gasteiger charge is -2.17. The Morgan fingerprint density at radius 1 is 1.35 bits per heavy atom. The van der Waals surface area contributed by atoms with Crippen molar-refractivity contribution < 1.29 is 18.3 Å². The van der Waals surface area contributed by atoms with Crippen molar-refractivity contribution in [1.29, 1.82) is 0 Å². The number of rotatable bonds is 6. The quantitative estimate of drug-likeness (QED) is 0.801. The number of carbonyl (C=O) groups excluding carboxylic acids is 1. The highest BCUT2D eigenvalue weighted by atomic mass is 32.2. The third-order valence-electron chi connectivity index (χ3n) is 2.81. The minimum Gasteiger partial charge on any atom is -0.389 e. The van der Waals surface area contributed by atoms with Gasteiger partial charge in [-0.25, -0.2) is 8.42 Å². The highest BCUT2D eigenvalue weighted by Crippen LogP contribution is 2.18. The number of likely N-dealkylation sites (N-methyl/N-ethyl adjacent to an activating group) is 2. The lowest BCUT2D eigenvalue weighted by atomic mass is 10.1. The lowest BCUT2D eigenvalue weighted by Crippen LogP contribution is -2.38. The topological polar surface area (TPSA) is 86.7 Å². The summed E-state index contributed by atoms with van der Waals surface area (Å²) < 4.78 is 25.5. The molecule has 2 N–H and O–H groups in total. The molecule has 0 aliphatic carbocycles. The van der Waals surface area contributed by atoms with E-state index in [4.69, 9.17) is 0 Å². The van der Waals surface area contributed by atoms with Gasteiger partial charge in [0, 0.05) is 13.6 Å². The zero-order valence-electron chi connectivity index (χ0n) is 11.8. The third kappa shape index (κ3) is 4.03. The van der Waals surface area contributed by atoms with E-state index in [0.717, 1.165) is 4.31 Å². The average Bonchev–Trinajstić information content (AvgIpc) is 2.38. The van der Waals surface area contributed by atoms with Crippen molar-refractivity contribution in [2.24, 2.45) is 0 Å². The largest absolute Gasteiger partial charge is 0.389 e. The number of sulfonamides is 1. The number of aliphatic hydroxyl groups is 1. The van der Waals surface area contributed by atoms with E-state index in [1.165, 1.54) is 19.2 Å². The average molecular weight is 300 g/mol. The molecule has 6 nitrogen and oxygen atoms in total. The van der Waals surface area contributed by atoms with Gasteiger partial charge in [0.2, 0.25) is 15.9 Å². The second kappa shape index (κ2) is 6.83. The van der Waals surface area contributed by atoms with Gasteiger partial charge < -0.3 is 10.4 Å². The molecule has 7 heteroatoms. The van der Waals surface area contributed by atoms with Crippen molar-refractivity contribution >= 4 is 15.9 Å². The van der Waals surface area contributed by atoms with Crippen LogP contribution in [0.3, 0.4) is 0 Å². The lowest BCUT2D eigenvalue weighted by molar-refractivity contribution is -0.121. The molecule has 1 atom stereocenters. The van der Waals surface area contributed by atoms with Crippen molar-refractivity contribution in [3.05, 3.63) is 29.8 Å². The summed E-state index contributed by atoms with van der Waals surface area (Å²) in [5, 5.41) is 11.9. The molecule has 0 radical (unpaired) electrons. The van der Waals surface area contributed by atoms with E-state index in [1.807, 2.05) is 0 Å². The fourth-order valence-electron chi connectivity index (χ4n) is 1.64. The molecule has 0 aliphatic rings. The van der Waals surface area contributed by atoms with Crippen molar-refractivity contribution in [1.82, 2.24) is 9.62 Å². The first-order valence-corrected chi connectivity index (χ1v) is 7.74. The van der Waals surface area contributed by atoms with E-state index < -0.39 is 16.1 Å². The molecule has 20 heavy (non-hydrogen) atoms. The summed E-state index contributed by atoms with van der Waals surface area (Å²) in [7, 11) is -2.35. The monoisotopic (exact) mass is 300 g/mol. The Bertz CT molecular complexity index is 552. The standard InChI is InChI=1S/C13H20N2O4S/c1-4-14-13(17)9-15(3)20(18,19)12-7-5-11(6-8-12)10(2)16/h5-8,10,16H,4,9H2,1-3H3,(H,14,17). The van der Waals surface area contributed by atoms with Crippen LogP contribution in [0.15, 0.2) is 29.2 Å². The maximum atomic E-state index is 12.2. The van der Waals surface area contributed by atoms with Crippen LogP contribution in [-0.4, -0.2) is 43.9 Å². The molecule has 0 heterocycles. The van der Waals surface area contributed by atoms with Crippen LogP contribution in [-0.2, 0) is 14.8 Å². The molecule has 0 fully saturated rings. The van der Waals surface area contributed by atoms with Gasteiger partial charge in [-0.3, -0.25) is 4.79 Å². The summed E-state index contributed by atoms with van der Waals surface area (Å²) in [5.74, 6) is -0.348. The highest BCUT2D eigenvalue weighted by molar-refractivity contribution is 7.89. The Labute approximate surface area is 119 Å². The Morgan fingerprint density at radius 2 is 1.90 bits per heavy atom. The van der Waals surface area contributed by atoms with Crippen LogP contribution in [0.4, 0.5) is 0 Å². The molecule has 0 spiro atoms. The Morgan fingerprint density at radius 3 is 2.35 bits per heavy atom. The van der Waals surface area contributed by atoms with Gasteiger partial charge in [0.1, 0.15) is 0 Å². The first-order chi connectivity index (χ1) is 9.28. The molecular formula is C13H20N2O4S. The normalized spacial score (nSPS) is 13.2. The molecule has 1 rings (SSSR count). The third-order valence-corrected chi connectivity index (χ3v) is 4.63. The first kappa shape index (κ1) is 16.6. The van der Waals surface area contributed by atoms with Crippen molar-refractivity contribution in [2.45, 2.75) is 24.8 Å². The Kier molecular flexibility index (Phi) is 5.67. The number of hydrogen-bond donors (Lipinski definition) is 2. The van der Waals surface area contributed by atoms with Gasteiger partial charge in [0.05, 0.1) is 17.5 Å². The van der Waals surface area contributed by atoms with Gasteiger partial charge in [0.25, 0.3) is 0 Å². The summed E-state index contributed by atoms with van der Waals surface area (Å²) >= 11 is 0. The van der Waals surface area contributed by atoms with Crippen LogP contribution in [0.25, 0.3) is 0 Å². The molecule has 1 aromatic carbocycles. The number of amides is 1. The number of benzene rings is 1. The molecule has 1 unspecified atom stereocenters. The SMILES string of the molecule is CCNC(=O)CN(C)S(=O)(=O)c1ccc(C(C)O)cc1. The molecule has 1 aromatic rings. The number of carbonyl (C=O) groups is 1. The smallest absolute Gasteiger partial charge is 0.243 e. The molecule has 0 aliphatic heterocycles. The predicted molar refractivity (Wildman–Crippen MR) is 75.6 cm³/mol. The van der Waals surface area contributed by atoms with E-state index >= 15 is 0 Å². The minimum atomic E-state index is -3.70. The molecule has 0 saturated carbocycles. The summed E-state index contributed by atoms with van der Waals surface area (Å²) in [5.41, 5.74) is 0.635. The van der Waals surface area contributed by atoms with Gasteiger partial charge in [-0.15, -0.1) is 0 Å². The van der Waals surface area contributed by atoms with Gasteiger partial charge in [-0.05, 0) is 31.5 Å². The fraction of sp³-hybridized carbons (Fsp3) is 0.462. The maximum absolute atomic E-state index is 12.2. The van der Waals surface area contributed by atoms with Gasteiger partial charge >= 0.3 is 0 Å². The van der Waals surface area contributed by atoms with Crippen molar-refractivity contribution in [3.8, 4) is 0 Å². The molecule has 112 valence electrons. The van der Waals surface area contributed by atoms with Crippen LogP contribution in [0.1, 0.15) is 25.5 Å². The summed E-state index contributed by atoms with van der Waals surface area (Å²) in [4.78, 5) is 11.5. The number of hydrogen-bond acceptors (Lipinski definition) is 4. The van der Waals surface area contributed by atoms with E-state index in [0.29, 0.717) is 12.1 Å². The summed E-state index contributed by atoms with van der Waals surface area (Å²) in [6, 6.07) is 5.95. The minimum absolute atomic E-state index is 0.0914. The second-order valence-corrected chi connectivity index (χ2v) is 6.50. The number of nitrogens with one attached hydrogen (secondary N) is 1. The van der Waals surface area contributed by atoms with Gasteiger partial charge in [-0.2, -0.15) is 4.31 Å². The van der Waals surface area contributed by atoms with Crippen LogP contribution in [0.5, 0.6) is 0 Å². The van der Waals surface area contributed by atoms with Gasteiger partial charge in [-0.1, -0.05) is 12.1 Å². The van der Waals surface area contributed by atoms with Gasteiger partial charge in [0.15, 0.2) is 0 Å². The van der Waals surface area contributed by atoms with E-state index in [1.54, 1.807) is 26.0 Å². The van der Waals surface area contributed by atoms with Crippen LogP contribution in [0.2, 0.25) is 0 Å². The molecular weight excluding hydrogens is 280 g/mol. The summed E-state index contributed by atoms with van der Waals surface area (Å²) in [6.07, 6.45) is -0.653. The number of aliphatic hydroxyl groups excluding tert-OH is 1. The van der Waals surface area contributed by atoms with Crippen LogP contribution >= 0.6 is 0 Å². The zero-order valence-corrected chi connectivity index (χ0v) is 12.6. The predicted octanol–water partition coefficient (Wildman–Crippen LogP) is 0.497. The van der Waals surface area contributed by atoms with Crippen molar-refractivity contribution in [3.63, 3.8) is 0 Å². The Balaban J connectivity index is 2.89. The zero-order chi connectivity index (χ0) is 15.3. The molecule has 0 aromatic heterocycles. The van der Waals surface area contributed by atoms with Crippen LogP contribution < -0.4 is 5.32 Å². The second-order valence-electron chi connectivity index (χ2n) is 4.46.